The number of benzene rings is 1. The van der Waals surface area contributed by atoms with E-state index in [1.165, 1.54) is 12.0 Å². The molecule has 0 aliphatic carbocycles. The molecule has 0 radical (unpaired) electrons. The number of hydrogen-bond acceptors (Lipinski definition) is 3. The molecular weight excluding hydrogens is 250 g/mol. The molecule has 0 bridgehead atoms. The maximum atomic E-state index is 5.37. The van der Waals surface area contributed by atoms with Crippen molar-refractivity contribution in [1.29, 1.82) is 0 Å². The van der Waals surface area contributed by atoms with Crippen LogP contribution in [0.2, 0.25) is 0 Å². The molecule has 0 heterocycles. The zero-order chi connectivity index (χ0) is 15.0. The third-order valence-electron chi connectivity index (χ3n) is 3.79. The maximum absolute atomic E-state index is 5.37. The van der Waals surface area contributed by atoms with E-state index in [1.54, 1.807) is 14.2 Å². The van der Waals surface area contributed by atoms with Crippen molar-refractivity contribution in [2.24, 2.45) is 5.92 Å². The molecule has 0 saturated carbocycles. The lowest BCUT2D eigenvalue weighted by Gasteiger charge is -2.24. The molecule has 0 amide bonds. The first-order valence-corrected chi connectivity index (χ1v) is 7.60. The van der Waals surface area contributed by atoms with Gasteiger partial charge in [0.05, 0.1) is 14.2 Å². The van der Waals surface area contributed by atoms with E-state index in [-0.39, 0.29) is 0 Å². The molecule has 114 valence electrons. The van der Waals surface area contributed by atoms with Crippen LogP contribution in [0.5, 0.6) is 11.5 Å². The summed E-state index contributed by atoms with van der Waals surface area (Å²) in [5.41, 5.74) is 1.30. The van der Waals surface area contributed by atoms with Gasteiger partial charge in [-0.3, -0.25) is 0 Å². The summed E-state index contributed by atoms with van der Waals surface area (Å²) in [6.45, 7) is 7.86. The summed E-state index contributed by atoms with van der Waals surface area (Å²) >= 11 is 0. The molecule has 1 rings (SSSR count). The largest absolute Gasteiger partial charge is 0.493 e. The fraction of sp³-hybridized carbons (Fsp3) is 0.647. The summed E-state index contributed by atoms with van der Waals surface area (Å²) in [5, 5.41) is 3.63. The maximum Gasteiger partial charge on any atom is 0.160 e. The van der Waals surface area contributed by atoms with E-state index in [0.29, 0.717) is 12.0 Å². The van der Waals surface area contributed by atoms with Crippen LogP contribution in [0.1, 0.15) is 39.2 Å². The standard InChI is InChI=1S/C17H29NO2/c1-6-10-18-15(7-2)13(3)11-14-8-9-16(19-4)17(12-14)20-5/h8-9,12-13,15,18H,6-7,10-11H2,1-5H3. The van der Waals surface area contributed by atoms with Gasteiger partial charge in [-0.1, -0.05) is 26.8 Å². The molecular formula is C17H29NO2. The molecule has 0 fully saturated rings. The van der Waals surface area contributed by atoms with E-state index in [4.69, 9.17) is 9.47 Å². The van der Waals surface area contributed by atoms with Crippen molar-refractivity contribution < 1.29 is 9.47 Å². The van der Waals surface area contributed by atoms with Crippen molar-refractivity contribution in [1.82, 2.24) is 5.32 Å². The number of nitrogens with one attached hydrogen (secondary N) is 1. The van der Waals surface area contributed by atoms with Crippen LogP contribution in [0.15, 0.2) is 18.2 Å². The van der Waals surface area contributed by atoms with Crippen LogP contribution in [0, 0.1) is 5.92 Å². The first kappa shape index (κ1) is 16.8. The van der Waals surface area contributed by atoms with E-state index in [1.807, 2.05) is 6.07 Å². The Morgan fingerprint density at radius 2 is 1.80 bits per heavy atom. The minimum atomic E-state index is 0.572. The van der Waals surface area contributed by atoms with Gasteiger partial charge in [0.25, 0.3) is 0 Å². The first-order valence-electron chi connectivity index (χ1n) is 7.60. The average Bonchev–Trinajstić information content (AvgIpc) is 2.47. The van der Waals surface area contributed by atoms with Gasteiger partial charge in [0.1, 0.15) is 0 Å². The highest BCUT2D eigenvalue weighted by molar-refractivity contribution is 5.43. The lowest BCUT2D eigenvalue weighted by Crippen LogP contribution is -2.35. The Morgan fingerprint density at radius 3 is 2.35 bits per heavy atom. The molecule has 20 heavy (non-hydrogen) atoms. The summed E-state index contributed by atoms with van der Waals surface area (Å²) < 4.78 is 10.7. The summed E-state index contributed by atoms with van der Waals surface area (Å²) in [6, 6.07) is 6.77. The minimum Gasteiger partial charge on any atom is -0.493 e. The predicted molar refractivity (Wildman–Crippen MR) is 84.8 cm³/mol. The second kappa shape index (κ2) is 8.85. The molecule has 1 N–H and O–H groups in total. The van der Waals surface area contributed by atoms with E-state index < -0.39 is 0 Å². The molecule has 0 aliphatic heterocycles. The summed E-state index contributed by atoms with van der Waals surface area (Å²) in [7, 11) is 3.35. The van der Waals surface area contributed by atoms with Crippen LogP contribution in [-0.2, 0) is 6.42 Å². The Bertz CT molecular complexity index is 393. The molecule has 0 saturated heterocycles. The monoisotopic (exact) mass is 279 g/mol. The van der Waals surface area contributed by atoms with Crippen LogP contribution >= 0.6 is 0 Å². The van der Waals surface area contributed by atoms with Gasteiger partial charge in [0, 0.05) is 6.04 Å². The zero-order valence-corrected chi connectivity index (χ0v) is 13.5. The number of rotatable bonds is 9. The first-order chi connectivity index (χ1) is 9.65. The quantitative estimate of drug-likeness (QED) is 0.748. The molecule has 0 aromatic heterocycles. The van der Waals surface area contributed by atoms with E-state index in [0.717, 1.165) is 30.9 Å². The Morgan fingerprint density at radius 1 is 1.10 bits per heavy atom. The summed E-state index contributed by atoms with van der Waals surface area (Å²) in [6.07, 6.45) is 3.39. The molecule has 0 spiro atoms. The fourth-order valence-electron chi connectivity index (χ4n) is 2.60. The third kappa shape index (κ3) is 4.71. The Labute approximate surface area is 123 Å². The van der Waals surface area contributed by atoms with Crippen molar-refractivity contribution >= 4 is 0 Å². The van der Waals surface area contributed by atoms with Gasteiger partial charge in [-0.2, -0.15) is 0 Å². The zero-order valence-electron chi connectivity index (χ0n) is 13.5. The second-order valence-corrected chi connectivity index (χ2v) is 5.34. The van der Waals surface area contributed by atoms with Crippen LogP contribution in [0.4, 0.5) is 0 Å². The summed E-state index contributed by atoms with van der Waals surface area (Å²) in [4.78, 5) is 0. The van der Waals surface area contributed by atoms with Crippen molar-refractivity contribution in [3.63, 3.8) is 0 Å². The lowest BCUT2D eigenvalue weighted by atomic mass is 9.92. The number of methoxy groups -OCH3 is 2. The van der Waals surface area contributed by atoms with Crippen LogP contribution in [-0.4, -0.2) is 26.8 Å². The normalized spacial score (nSPS) is 13.8. The Hall–Kier alpha value is -1.22. The van der Waals surface area contributed by atoms with Crippen LogP contribution in [0.25, 0.3) is 0 Å². The Kier molecular flexibility index (Phi) is 7.45. The van der Waals surface area contributed by atoms with Crippen molar-refractivity contribution in [3.05, 3.63) is 23.8 Å². The van der Waals surface area contributed by atoms with Gasteiger partial charge in [-0.25, -0.2) is 0 Å². The average molecular weight is 279 g/mol. The van der Waals surface area contributed by atoms with Crippen LogP contribution < -0.4 is 14.8 Å². The fourth-order valence-corrected chi connectivity index (χ4v) is 2.60. The van der Waals surface area contributed by atoms with Gasteiger partial charge >= 0.3 is 0 Å². The molecule has 3 heteroatoms. The molecule has 1 aromatic rings. The predicted octanol–water partition coefficient (Wildman–Crippen LogP) is 3.66. The number of hydrogen-bond donors (Lipinski definition) is 1. The molecule has 0 aliphatic rings. The van der Waals surface area contributed by atoms with Gasteiger partial charge in [-0.15, -0.1) is 0 Å². The van der Waals surface area contributed by atoms with E-state index in [2.05, 4.69) is 38.2 Å². The smallest absolute Gasteiger partial charge is 0.160 e. The van der Waals surface area contributed by atoms with Gasteiger partial charge < -0.3 is 14.8 Å². The lowest BCUT2D eigenvalue weighted by molar-refractivity contribution is 0.350. The highest BCUT2D eigenvalue weighted by Gasteiger charge is 2.16. The SMILES string of the molecule is CCCNC(CC)C(C)Cc1ccc(OC)c(OC)c1. The molecule has 2 atom stereocenters. The summed E-state index contributed by atoms with van der Waals surface area (Å²) in [5.74, 6) is 2.21. The third-order valence-corrected chi connectivity index (χ3v) is 3.79. The number of ether oxygens (including phenoxy) is 2. The second-order valence-electron chi connectivity index (χ2n) is 5.34. The van der Waals surface area contributed by atoms with Crippen LogP contribution in [0.3, 0.4) is 0 Å². The Balaban J connectivity index is 2.71. The minimum absolute atomic E-state index is 0.572. The van der Waals surface area contributed by atoms with Gasteiger partial charge in [-0.05, 0) is 49.4 Å². The van der Waals surface area contributed by atoms with Crippen molar-refractivity contribution in [2.75, 3.05) is 20.8 Å². The molecule has 1 aromatic carbocycles. The highest BCUT2D eigenvalue weighted by atomic mass is 16.5. The van der Waals surface area contributed by atoms with Crippen molar-refractivity contribution in [2.45, 2.75) is 46.1 Å². The molecule has 2 unspecified atom stereocenters. The van der Waals surface area contributed by atoms with Gasteiger partial charge in [0.15, 0.2) is 11.5 Å². The van der Waals surface area contributed by atoms with Gasteiger partial charge in [0.2, 0.25) is 0 Å². The topological polar surface area (TPSA) is 30.5 Å². The van der Waals surface area contributed by atoms with E-state index >= 15 is 0 Å². The highest BCUT2D eigenvalue weighted by Crippen LogP contribution is 2.29. The van der Waals surface area contributed by atoms with E-state index in [9.17, 15) is 0 Å². The molecule has 3 nitrogen and oxygen atoms in total. The van der Waals surface area contributed by atoms with Crippen molar-refractivity contribution in [3.8, 4) is 11.5 Å².